The Morgan fingerprint density at radius 2 is 2.00 bits per heavy atom. The maximum Gasteiger partial charge on any atom is 0.243 e. The number of nitrogens with zero attached hydrogens (tertiary/aromatic N) is 1. The van der Waals surface area contributed by atoms with E-state index in [1.807, 2.05) is 26.0 Å². The molecule has 0 amide bonds. The van der Waals surface area contributed by atoms with Gasteiger partial charge in [0.15, 0.2) is 0 Å². The lowest BCUT2D eigenvalue weighted by Gasteiger charge is -2.17. The highest BCUT2D eigenvalue weighted by molar-refractivity contribution is 7.89. The summed E-state index contributed by atoms with van der Waals surface area (Å²) in [5, 5.41) is 0. The molecule has 2 rings (SSSR count). The molecule has 0 aromatic heterocycles. The van der Waals surface area contributed by atoms with Crippen molar-refractivity contribution in [2.75, 3.05) is 13.1 Å². The summed E-state index contributed by atoms with van der Waals surface area (Å²) in [6.45, 7) is 7.23. The Morgan fingerprint density at radius 1 is 1.29 bits per heavy atom. The molecule has 1 atom stereocenters. The van der Waals surface area contributed by atoms with Gasteiger partial charge in [0, 0.05) is 13.1 Å². The summed E-state index contributed by atoms with van der Waals surface area (Å²) in [5.74, 6) is 0.468. The van der Waals surface area contributed by atoms with Crippen molar-refractivity contribution in [2.45, 2.75) is 32.1 Å². The van der Waals surface area contributed by atoms with Crippen molar-refractivity contribution in [1.29, 1.82) is 0 Å². The lowest BCUT2D eigenvalue weighted by atomic mass is 10.2. The van der Waals surface area contributed by atoms with E-state index < -0.39 is 10.0 Å². The summed E-state index contributed by atoms with van der Waals surface area (Å²) < 4.78 is 26.5. The van der Waals surface area contributed by atoms with Crippen LogP contribution in [-0.2, 0) is 10.0 Å². The van der Waals surface area contributed by atoms with Crippen LogP contribution < -0.4 is 0 Å². The second kappa shape index (κ2) is 4.42. The molecule has 1 heterocycles. The molecule has 0 aliphatic carbocycles. The van der Waals surface area contributed by atoms with Crippen LogP contribution in [0.15, 0.2) is 23.1 Å². The summed E-state index contributed by atoms with van der Waals surface area (Å²) in [6, 6.07) is 5.51. The van der Waals surface area contributed by atoms with Crippen molar-refractivity contribution in [3.63, 3.8) is 0 Å². The number of hydrogen-bond acceptors (Lipinski definition) is 2. The fourth-order valence-corrected chi connectivity index (χ4v) is 4.12. The summed E-state index contributed by atoms with van der Waals surface area (Å²) in [5.41, 5.74) is 1.93. The lowest BCUT2D eigenvalue weighted by Crippen LogP contribution is -2.29. The van der Waals surface area contributed by atoms with E-state index in [0.29, 0.717) is 23.9 Å². The molecule has 1 aliphatic heterocycles. The van der Waals surface area contributed by atoms with Gasteiger partial charge in [-0.05, 0) is 37.8 Å². The minimum Gasteiger partial charge on any atom is -0.207 e. The molecular formula is C13H19NO2S. The molecule has 1 aliphatic rings. The molecule has 1 saturated heterocycles. The minimum atomic E-state index is -3.29. The fraction of sp³-hybridized carbons (Fsp3) is 0.538. The first kappa shape index (κ1) is 12.6. The normalized spacial score (nSPS) is 21.9. The average Bonchev–Trinajstić information content (AvgIpc) is 2.64. The number of benzene rings is 1. The van der Waals surface area contributed by atoms with Crippen LogP contribution in [-0.4, -0.2) is 25.8 Å². The van der Waals surface area contributed by atoms with Crippen molar-refractivity contribution >= 4 is 10.0 Å². The summed E-state index contributed by atoms with van der Waals surface area (Å²) >= 11 is 0. The van der Waals surface area contributed by atoms with E-state index in [4.69, 9.17) is 0 Å². The third-order valence-corrected chi connectivity index (χ3v) is 5.36. The maximum atomic E-state index is 12.4. The number of aryl methyl sites for hydroxylation is 2. The van der Waals surface area contributed by atoms with Gasteiger partial charge >= 0.3 is 0 Å². The zero-order valence-electron chi connectivity index (χ0n) is 10.6. The van der Waals surface area contributed by atoms with E-state index in [0.717, 1.165) is 17.5 Å². The summed E-state index contributed by atoms with van der Waals surface area (Å²) in [4.78, 5) is 0.456. The molecule has 0 saturated carbocycles. The zero-order valence-corrected chi connectivity index (χ0v) is 11.4. The van der Waals surface area contributed by atoms with Gasteiger partial charge in [-0.25, -0.2) is 8.42 Å². The van der Waals surface area contributed by atoms with Gasteiger partial charge in [0.05, 0.1) is 4.90 Å². The van der Waals surface area contributed by atoms with Crippen LogP contribution in [0.3, 0.4) is 0 Å². The number of sulfonamides is 1. The largest absolute Gasteiger partial charge is 0.243 e. The molecular weight excluding hydrogens is 234 g/mol. The fourth-order valence-electron chi connectivity index (χ4n) is 2.34. The Kier molecular flexibility index (Phi) is 3.27. The predicted molar refractivity (Wildman–Crippen MR) is 68.5 cm³/mol. The van der Waals surface area contributed by atoms with Crippen LogP contribution in [0.2, 0.25) is 0 Å². The predicted octanol–water partition coefficient (Wildman–Crippen LogP) is 2.33. The standard InChI is InChI=1S/C13H19NO2S/c1-10-4-5-13(12(3)8-10)17(15,16)14-7-6-11(2)9-14/h4-5,8,11H,6-7,9H2,1-3H3. The van der Waals surface area contributed by atoms with Gasteiger partial charge in [-0.2, -0.15) is 4.31 Å². The zero-order chi connectivity index (χ0) is 12.6. The van der Waals surface area contributed by atoms with Crippen LogP contribution in [0.5, 0.6) is 0 Å². The third kappa shape index (κ3) is 2.38. The van der Waals surface area contributed by atoms with Gasteiger partial charge < -0.3 is 0 Å². The molecule has 1 aromatic rings. The molecule has 0 spiro atoms. The Hall–Kier alpha value is -0.870. The van der Waals surface area contributed by atoms with Crippen LogP contribution in [0.25, 0.3) is 0 Å². The highest BCUT2D eigenvalue weighted by atomic mass is 32.2. The Morgan fingerprint density at radius 3 is 2.53 bits per heavy atom. The molecule has 3 nitrogen and oxygen atoms in total. The van der Waals surface area contributed by atoms with Gasteiger partial charge in [0.1, 0.15) is 0 Å². The maximum absolute atomic E-state index is 12.4. The van der Waals surface area contributed by atoms with Crippen LogP contribution in [0.1, 0.15) is 24.5 Å². The van der Waals surface area contributed by atoms with Gasteiger partial charge in [-0.15, -0.1) is 0 Å². The Balaban J connectivity index is 2.38. The first-order valence-electron chi connectivity index (χ1n) is 5.98. The lowest BCUT2D eigenvalue weighted by molar-refractivity contribution is 0.464. The molecule has 1 unspecified atom stereocenters. The van der Waals surface area contributed by atoms with E-state index in [1.165, 1.54) is 0 Å². The monoisotopic (exact) mass is 253 g/mol. The SMILES string of the molecule is Cc1ccc(S(=O)(=O)N2CCC(C)C2)c(C)c1. The third-order valence-electron chi connectivity index (χ3n) is 3.33. The number of hydrogen-bond donors (Lipinski definition) is 0. The second-order valence-electron chi connectivity index (χ2n) is 5.03. The van der Waals surface area contributed by atoms with Crippen molar-refractivity contribution in [3.8, 4) is 0 Å². The molecule has 94 valence electrons. The van der Waals surface area contributed by atoms with Crippen molar-refractivity contribution < 1.29 is 8.42 Å². The van der Waals surface area contributed by atoms with Crippen molar-refractivity contribution in [2.24, 2.45) is 5.92 Å². The summed E-state index contributed by atoms with van der Waals surface area (Å²) in [6.07, 6.45) is 0.962. The molecule has 1 aromatic carbocycles. The van der Waals surface area contributed by atoms with E-state index in [-0.39, 0.29) is 0 Å². The molecule has 0 radical (unpaired) electrons. The van der Waals surface area contributed by atoms with Gasteiger partial charge in [0.2, 0.25) is 10.0 Å². The van der Waals surface area contributed by atoms with E-state index >= 15 is 0 Å². The topological polar surface area (TPSA) is 37.4 Å². The van der Waals surface area contributed by atoms with Crippen LogP contribution >= 0.6 is 0 Å². The van der Waals surface area contributed by atoms with Gasteiger partial charge in [-0.1, -0.05) is 24.6 Å². The van der Waals surface area contributed by atoms with Gasteiger partial charge in [0.25, 0.3) is 0 Å². The average molecular weight is 253 g/mol. The van der Waals surface area contributed by atoms with Crippen LogP contribution in [0.4, 0.5) is 0 Å². The molecule has 1 fully saturated rings. The molecule has 4 heteroatoms. The first-order chi connectivity index (χ1) is 7.91. The second-order valence-corrected chi connectivity index (χ2v) is 6.93. The van der Waals surface area contributed by atoms with Gasteiger partial charge in [-0.3, -0.25) is 0 Å². The molecule has 17 heavy (non-hydrogen) atoms. The van der Waals surface area contributed by atoms with Crippen molar-refractivity contribution in [3.05, 3.63) is 29.3 Å². The van der Waals surface area contributed by atoms with E-state index in [9.17, 15) is 8.42 Å². The van der Waals surface area contributed by atoms with Crippen LogP contribution in [0, 0.1) is 19.8 Å². The van der Waals surface area contributed by atoms with E-state index in [1.54, 1.807) is 10.4 Å². The quantitative estimate of drug-likeness (QED) is 0.811. The van der Waals surface area contributed by atoms with E-state index in [2.05, 4.69) is 6.92 Å². The van der Waals surface area contributed by atoms with Crippen molar-refractivity contribution in [1.82, 2.24) is 4.31 Å². The highest BCUT2D eigenvalue weighted by Crippen LogP contribution is 2.26. The smallest absolute Gasteiger partial charge is 0.207 e. The Bertz CT molecular complexity index is 522. The Labute approximate surface area is 104 Å². The number of rotatable bonds is 2. The molecule has 0 bridgehead atoms. The minimum absolute atomic E-state index is 0.456. The molecule has 0 N–H and O–H groups in total. The summed E-state index contributed by atoms with van der Waals surface area (Å²) in [7, 11) is -3.29. The highest BCUT2D eigenvalue weighted by Gasteiger charge is 2.31. The first-order valence-corrected chi connectivity index (χ1v) is 7.42.